The molecule has 3 nitrogen and oxygen atoms in total. The molecule has 162 valence electrons. The molecule has 0 atom stereocenters. The van der Waals surface area contributed by atoms with Crippen LogP contribution in [0.3, 0.4) is 0 Å². The molecular weight excluding hydrogens is 407 g/mol. The first-order valence-electron chi connectivity index (χ1n) is 9.52. The van der Waals surface area contributed by atoms with Crippen molar-refractivity contribution in [2.45, 2.75) is 32.2 Å². The largest absolute Gasteiger partial charge is 0.429 e. The average molecular weight is 428 g/mol. The quantitative estimate of drug-likeness (QED) is 0.304. The van der Waals surface area contributed by atoms with E-state index in [-0.39, 0.29) is 17.2 Å². The predicted molar refractivity (Wildman–Crippen MR) is 101 cm³/mol. The molecule has 0 spiro atoms. The zero-order valence-corrected chi connectivity index (χ0v) is 16.2. The van der Waals surface area contributed by atoms with E-state index in [0.717, 1.165) is 31.1 Å². The number of alkyl halides is 2. The van der Waals surface area contributed by atoms with E-state index in [9.17, 15) is 22.0 Å². The van der Waals surface area contributed by atoms with E-state index < -0.39 is 29.9 Å². The second-order valence-electron chi connectivity index (χ2n) is 6.99. The van der Waals surface area contributed by atoms with Gasteiger partial charge in [0.25, 0.3) is 0 Å². The van der Waals surface area contributed by atoms with Gasteiger partial charge < -0.3 is 14.2 Å². The van der Waals surface area contributed by atoms with Gasteiger partial charge in [0.1, 0.15) is 5.75 Å². The Morgan fingerprint density at radius 2 is 1.60 bits per heavy atom. The molecule has 30 heavy (non-hydrogen) atoms. The molecule has 0 saturated carbocycles. The van der Waals surface area contributed by atoms with Crippen molar-refractivity contribution < 1.29 is 36.2 Å². The van der Waals surface area contributed by atoms with Gasteiger partial charge in [-0.2, -0.15) is 8.78 Å². The summed E-state index contributed by atoms with van der Waals surface area (Å²) in [6.45, 7) is 2.94. The van der Waals surface area contributed by atoms with Gasteiger partial charge in [-0.05, 0) is 47.9 Å². The number of hydrogen-bond donors (Lipinski definition) is 0. The van der Waals surface area contributed by atoms with Gasteiger partial charge in [0.15, 0.2) is 23.7 Å². The Hall–Kier alpha value is -2.45. The predicted octanol–water partition coefficient (Wildman–Crippen LogP) is 6.09. The standard InChI is InChI=1S/C22H21F5O3/c1-2-3-14-12-28-20(29-13-14)8-9-22(26,27)30-17-6-4-15(5-7-17)16-10-18(23)21(25)19(24)11-16/h4-11,14,20H,2-3,12-13H2,1H3/b9-8+. The first-order valence-corrected chi connectivity index (χ1v) is 9.52. The van der Waals surface area contributed by atoms with Crippen molar-refractivity contribution in [3.63, 3.8) is 0 Å². The van der Waals surface area contributed by atoms with Gasteiger partial charge in [0.2, 0.25) is 0 Å². The van der Waals surface area contributed by atoms with Crippen molar-refractivity contribution >= 4 is 0 Å². The molecule has 1 fully saturated rings. The molecule has 0 N–H and O–H groups in total. The summed E-state index contributed by atoms with van der Waals surface area (Å²) < 4.78 is 83.4. The molecule has 2 aromatic carbocycles. The van der Waals surface area contributed by atoms with Gasteiger partial charge >= 0.3 is 6.11 Å². The SMILES string of the molecule is CCCC1COC(/C=C/C(F)(F)Oc2ccc(-c3cc(F)c(F)c(F)c3)cc2)OC1. The van der Waals surface area contributed by atoms with E-state index in [2.05, 4.69) is 4.74 Å². The molecule has 1 saturated heterocycles. The van der Waals surface area contributed by atoms with Crippen LogP contribution in [0.25, 0.3) is 11.1 Å². The van der Waals surface area contributed by atoms with Crippen LogP contribution in [0.5, 0.6) is 5.75 Å². The molecular formula is C22H21F5O3. The van der Waals surface area contributed by atoms with Crippen molar-refractivity contribution in [3.8, 4) is 16.9 Å². The van der Waals surface area contributed by atoms with Gasteiger partial charge in [-0.1, -0.05) is 25.5 Å². The van der Waals surface area contributed by atoms with Crippen molar-refractivity contribution in [1.82, 2.24) is 0 Å². The van der Waals surface area contributed by atoms with Gasteiger partial charge in [-0.25, -0.2) is 13.2 Å². The first-order chi connectivity index (χ1) is 14.3. The molecule has 1 heterocycles. The summed E-state index contributed by atoms with van der Waals surface area (Å²) in [6.07, 6.45) is -0.894. The molecule has 1 aliphatic heterocycles. The lowest BCUT2D eigenvalue weighted by atomic mass is 10.1. The topological polar surface area (TPSA) is 27.7 Å². The fourth-order valence-corrected chi connectivity index (χ4v) is 3.06. The zero-order chi connectivity index (χ0) is 21.7. The van der Waals surface area contributed by atoms with Crippen molar-refractivity contribution in [3.05, 3.63) is 66.0 Å². The third-order valence-corrected chi connectivity index (χ3v) is 4.56. The van der Waals surface area contributed by atoms with Crippen LogP contribution in [0.2, 0.25) is 0 Å². The number of benzene rings is 2. The summed E-state index contributed by atoms with van der Waals surface area (Å²) in [4.78, 5) is 0. The summed E-state index contributed by atoms with van der Waals surface area (Å²) >= 11 is 0. The minimum atomic E-state index is -3.62. The van der Waals surface area contributed by atoms with E-state index in [1.807, 2.05) is 6.92 Å². The normalized spacial score (nSPS) is 19.9. The highest BCUT2D eigenvalue weighted by molar-refractivity contribution is 5.64. The maximum Gasteiger partial charge on any atom is 0.419 e. The number of ether oxygens (including phenoxy) is 3. The average Bonchev–Trinajstić information content (AvgIpc) is 2.72. The summed E-state index contributed by atoms with van der Waals surface area (Å²) in [5.41, 5.74) is 0.377. The van der Waals surface area contributed by atoms with Crippen molar-refractivity contribution in [2.75, 3.05) is 13.2 Å². The van der Waals surface area contributed by atoms with Crippen molar-refractivity contribution in [1.29, 1.82) is 0 Å². The first kappa shape index (κ1) is 22.2. The highest BCUT2D eigenvalue weighted by Gasteiger charge is 2.29. The van der Waals surface area contributed by atoms with Crippen molar-refractivity contribution in [2.24, 2.45) is 5.92 Å². The Bertz CT molecular complexity index is 852. The van der Waals surface area contributed by atoms with Crippen LogP contribution in [-0.2, 0) is 9.47 Å². The molecule has 0 aliphatic carbocycles. The van der Waals surface area contributed by atoms with E-state index in [4.69, 9.17) is 9.47 Å². The lowest BCUT2D eigenvalue weighted by Gasteiger charge is -2.27. The molecule has 0 radical (unpaired) electrons. The molecule has 3 rings (SSSR count). The third kappa shape index (κ3) is 5.79. The van der Waals surface area contributed by atoms with Gasteiger partial charge in [0.05, 0.1) is 13.2 Å². The molecule has 0 amide bonds. The molecule has 0 unspecified atom stereocenters. The second kappa shape index (κ2) is 9.57. The highest BCUT2D eigenvalue weighted by Crippen LogP contribution is 2.28. The van der Waals surface area contributed by atoms with Crippen LogP contribution in [0, 0.1) is 23.4 Å². The summed E-state index contributed by atoms with van der Waals surface area (Å²) in [5.74, 6) is -4.15. The Balaban J connectivity index is 1.60. The summed E-state index contributed by atoms with van der Waals surface area (Å²) in [6, 6.07) is 6.76. The molecule has 8 heteroatoms. The minimum Gasteiger partial charge on any atom is -0.429 e. The highest BCUT2D eigenvalue weighted by atomic mass is 19.3. The van der Waals surface area contributed by atoms with E-state index in [1.165, 1.54) is 24.3 Å². The molecule has 2 aromatic rings. The second-order valence-corrected chi connectivity index (χ2v) is 6.99. The van der Waals surface area contributed by atoms with E-state index in [0.29, 0.717) is 24.9 Å². The Morgan fingerprint density at radius 3 is 2.17 bits per heavy atom. The zero-order valence-electron chi connectivity index (χ0n) is 16.2. The third-order valence-electron chi connectivity index (χ3n) is 4.56. The van der Waals surface area contributed by atoms with Gasteiger partial charge in [0, 0.05) is 12.0 Å². The van der Waals surface area contributed by atoms with Gasteiger partial charge in [-0.15, -0.1) is 0 Å². The van der Waals surface area contributed by atoms with Crippen LogP contribution in [0.4, 0.5) is 22.0 Å². The summed E-state index contributed by atoms with van der Waals surface area (Å²) in [7, 11) is 0. The lowest BCUT2D eigenvalue weighted by Crippen LogP contribution is -2.31. The smallest absolute Gasteiger partial charge is 0.419 e. The monoisotopic (exact) mass is 428 g/mol. The van der Waals surface area contributed by atoms with Crippen LogP contribution >= 0.6 is 0 Å². The van der Waals surface area contributed by atoms with Crippen LogP contribution in [0.15, 0.2) is 48.6 Å². The van der Waals surface area contributed by atoms with Crippen LogP contribution in [-0.4, -0.2) is 25.6 Å². The fraction of sp³-hybridized carbons (Fsp3) is 0.364. The van der Waals surface area contributed by atoms with E-state index in [1.54, 1.807) is 0 Å². The molecule has 1 aliphatic rings. The van der Waals surface area contributed by atoms with Crippen LogP contribution in [0.1, 0.15) is 19.8 Å². The van der Waals surface area contributed by atoms with Crippen LogP contribution < -0.4 is 4.74 Å². The Labute approximate surface area is 171 Å². The minimum absolute atomic E-state index is 0.0672. The maximum atomic E-state index is 14.1. The Morgan fingerprint density at radius 1 is 1.00 bits per heavy atom. The molecule has 0 bridgehead atoms. The fourth-order valence-electron chi connectivity index (χ4n) is 3.06. The lowest BCUT2D eigenvalue weighted by molar-refractivity contribution is -0.178. The number of rotatable bonds is 7. The van der Waals surface area contributed by atoms with E-state index >= 15 is 0 Å². The summed E-state index contributed by atoms with van der Waals surface area (Å²) in [5, 5.41) is 0. The number of halogens is 5. The number of hydrogen-bond acceptors (Lipinski definition) is 3. The molecule has 0 aromatic heterocycles. The maximum absolute atomic E-state index is 14.1. The van der Waals surface area contributed by atoms with Gasteiger partial charge in [-0.3, -0.25) is 0 Å². The Kier molecular flexibility index (Phi) is 7.10.